The highest BCUT2D eigenvalue weighted by molar-refractivity contribution is 8.27. The Balaban J connectivity index is 1.89. The molecular formula is C22H20ClNO6S2. The summed E-state index contributed by atoms with van der Waals surface area (Å²) < 4.78 is 21.2. The molecule has 2 aromatic rings. The van der Waals surface area contributed by atoms with Gasteiger partial charge in [-0.1, -0.05) is 35.6 Å². The molecule has 0 aromatic heterocycles. The Bertz CT molecular complexity index is 1070. The molecule has 2 aromatic carbocycles. The number of ether oxygens (including phenoxy) is 4. The van der Waals surface area contributed by atoms with E-state index >= 15 is 0 Å². The van der Waals surface area contributed by atoms with Crippen molar-refractivity contribution in [2.45, 2.75) is 6.92 Å². The molecule has 3 rings (SSSR count). The highest BCUT2D eigenvalue weighted by Crippen LogP contribution is 2.40. The summed E-state index contributed by atoms with van der Waals surface area (Å²) in [7, 11) is 2.84. The number of esters is 1. The molecule has 1 amide bonds. The molecule has 0 aliphatic carbocycles. The van der Waals surface area contributed by atoms with Crippen LogP contribution < -0.4 is 19.1 Å². The second-order valence-electron chi connectivity index (χ2n) is 6.34. The van der Waals surface area contributed by atoms with Gasteiger partial charge < -0.3 is 18.9 Å². The maximum atomic E-state index is 13.0. The van der Waals surface area contributed by atoms with E-state index in [-0.39, 0.29) is 23.3 Å². The van der Waals surface area contributed by atoms with Crippen LogP contribution in [0.1, 0.15) is 12.5 Å². The quantitative estimate of drug-likeness (QED) is 0.297. The third kappa shape index (κ3) is 5.35. The minimum Gasteiger partial charge on any atom is -0.497 e. The predicted molar refractivity (Wildman–Crippen MR) is 129 cm³/mol. The van der Waals surface area contributed by atoms with Crippen molar-refractivity contribution in [2.75, 3.05) is 32.3 Å². The van der Waals surface area contributed by atoms with Crippen molar-refractivity contribution >= 4 is 63.5 Å². The highest BCUT2D eigenvalue weighted by atomic mass is 35.5. The molecule has 1 saturated heterocycles. The van der Waals surface area contributed by atoms with E-state index in [9.17, 15) is 9.59 Å². The molecule has 0 radical (unpaired) electrons. The summed E-state index contributed by atoms with van der Waals surface area (Å²) in [6.07, 6.45) is 1.68. The third-order valence-electron chi connectivity index (χ3n) is 4.32. The number of amides is 1. The fourth-order valence-corrected chi connectivity index (χ4v) is 4.41. The van der Waals surface area contributed by atoms with Gasteiger partial charge in [0.15, 0.2) is 22.4 Å². The van der Waals surface area contributed by atoms with Crippen molar-refractivity contribution in [3.05, 3.63) is 51.9 Å². The number of carbonyl (C=O) groups is 2. The lowest BCUT2D eigenvalue weighted by molar-refractivity contribution is -0.142. The Morgan fingerprint density at radius 1 is 1.19 bits per heavy atom. The number of halogens is 1. The summed E-state index contributed by atoms with van der Waals surface area (Å²) in [5.41, 5.74) is 1.27. The Hall–Kier alpha value is -2.75. The van der Waals surface area contributed by atoms with Gasteiger partial charge in [0.1, 0.15) is 5.75 Å². The van der Waals surface area contributed by atoms with Gasteiger partial charge in [-0.05, 0) is 55.0 Å². The van der Waals surface area contributed by atoms with E-state index in [1.54, 1.807) is 49.6 Å². The average Bonchev–Trinajstić information content (AvgIpc) is 3.05. The summed E-state index contributed by atoms with van der Waals surface area (Å²) in [5.74, 6) is 0.463. The largest absolute Gasteiger partial charge is 0.497 e. The molecule has 0 N–H and O–H groups in total. The predicted octanol–water partition coefficient (Wildman–Crippen LogP) is 4.70. The van der Waals surface area contributed by atoms with Gasteiger partial charge in [0.2, 0.25) is 0 Å². The van der Waals surface area contributed by atoms with Crippen LogP contribution in [0.25, 0.3) is 6.08 Å². The van der Waals surface area contributed by atoms with Crippen LogP contribution in [0.5, 0.6) is 17.2 Å². The van der Waals surface area contributed by atoms with Crippen molar-refractivity contribution in [2.24, 2.45) is 0 Å². The van der Waals surface area contributed by atoms with Crippen molar-refractivity contribution < 1.29 is 28.5 Å². The lowest BCUT2D eigenvalue weighted by Crippen LogP contribution is -2.27. The summed E-state index contributed by atoms with van der Waals surface area (Å²) in [5, 5.41) is 0.233. The van der Waals surface area contributed by atoms with Crippen molar-refractivity contribution in [1.29, 1.82) is 0 Å². The van der Waals surface area contributed by atoms with Crippen LogP contribution in [0, 0.1) is 0 Å². The first-order valence-corrected chi connectivity index (χ1v) is 11.1. The molecule has 1 fully saturated rings. The SMILES string of the molecule is CCOc1cc(/C=C2/SC(=S)N(c3ccc(OC)cc3)C2=O)cc(Cl)c1OCC(=O)OC. The Morgan fingerprint density at radius 2 is 1.91 bits per heavy atom. The number of thiocarbonyl (C=S) groups is 1. The zero-order chi connectivity index (χ0) is 23.3. The number of hydrogen-bond acceptors (Lipinski definition) is 8. The topological polar surface area (TPSA) is 74.3 Å². The number of carbonyl (C=O) groups excluding carboxylic acids is 2. The molecule has 168 valence electrons. The van der Waals surface area contributed by atoms with Crippen LogP contribution >= 0.6 is 35.6 Å². The molecule has 0 saturated carbocycles. The van der Waals surface area contributed by atoms with Gasteiger partial charge >= 0.3 is 5.97 Å². The van der Waals surface area contributed by atoms with E-state index in [2.05, 4.69) is 4.74 Å². The number of nitrogens with zero attached hydrogens (tertiary/aromatic N) is 1. The minimum absolute atomic E-state index is 0.224. The number of benzene rings is 2. The van der Waals surface area contributed by atoms with E-state index < -0.39 is 5.97 Å². The van der Waals surface area contributed by atoms with Gasteiger partial charge in [-0.15, -0.1) is 0 Å². The van der Waals surface area contributed by atoms with Crippen molar-refractivity contribution in [3.63, 3.8) is 0 Å². The first kappa shape index (κ1) is 23.9. The van der Waals surface area contributed by atoms with E-state index in [0.29, 0.717) is 38.6 Å². The van der Waals surface area contributed by atoms with Crippen LogP contribution in [0.4, 0.5) is 5.69 Å². The van der Waals surface area contributed by atoms with Crippen LogP contribution in [0.2, 0.25) is 5.02 Å². The van der Waals surface area contributed by atoms with E-state index in [1.165, 1.54) is 23.8 Å². The Kier molecular flexibility index (Phi) is 8.00. The third-order valence-corrected chi connectivity index (χ3v) is 5.90. The summed E-state index contributed by atoms with van der Waals surface area (Å²) in [6, 6.07) is 10.4. The minimum atomic E-state index is -0.546. The van der Waals surface area contributed by atoms with Gasteiger partial charge in [-0.3, -0.25) is 9.69 Å². The molecule has 0 bridgehead atoms. The summed E-state index contributed by atoms with van der Waals surface area (Å²) >= 11 is 13.0. The smallest absolute Gasteiger partial charge is 0.343 e. The molecule has 1 heterocycles. The van der Waals surface area contributed by atoms with Gasteiger partial charge in [0.25, 0.3) is 5.91 Å². The van der Waals surface area contributed by atoms with Crippen LogP contribution in [0.15, 0.2) is 41.3 Å². The molecule has 0 atom stereocenters. The van der Waals surface area contributed by atoms with Gasteiger partial charge in [-0.25, -0.2) is 4.79 Å². The maximum absolute atomic E-state index is 13.0. The zero-order valence-corrected chi connectivity index (χ0v) is 19.9. The van der Waals surface area contributed by atoms with Crippen LogP contribution in [-0.4, -0.2) is 43.6 Å². The zero-order valence-electron chi connectivity index (χ0n) is 17.5. The van der Waals surface area contributed by atoms with E-state index in [1.807, 2.05) is 6.92 Å². The van der Waals surface area contributed by atoms with Gasteiger partial charge in [0.05, 0.1) is 36.4 Å². The monoisotopic (exact) mass is 493 g/mol. The maximum Gasteiger partial charge on any atom is 0.343 e. The average molecular weight is 494 g/mol. The van der Waals surface area contributed by atoms with Crippen LogP contribution in [-0.2, 0) is 14.3 Å². The number of hydrogen-bond donors (Lipinski definition) is 0. The lowest BCUT2D eigenvalue weighted by Gasteiger charge is -2.15. The first-order valence-electron chi connectivity index (χ1n) is 9.45. The number of methoxy groups -OCH3 is 2. The molecule has 1 aliphatic rings. The molecular weight excluding hydrogens is 474 g/mol. The Morgan fingerprint density at radius 3 is 2.53 bits per heavy atom. The molecule has 10 heteroatoms. The summed E-state index contributed by atoms with van der Waals surface area (Å²) in [6.45, 7) is 1.86. The van der Waals surface area contributed by atoms with Gasteiger partial charge in [-0.2, -0.15) is 0 Å². The fourth-order valence-electron chi connectivity index (χ4n) is 2.84. The van der Waals surface area contributed by atoms with Crippen molar-refractivity contribution in [3.8, 4) is 17.2 Å². The fraction of sp³-hybridized carbons (Fsp3) is 0.227. The molecule has 1 aliphatic heterocycles. The highest BCUT2D eigenvalue weighted by Gasteiger charge is 2.33. The normalized spacial score (nSPS) is 14.6. The number of anilines is 1. The molecule has 0 spiro atoms. The molecule has 32 heavy (non-hydrogen) atoms. The first-order chi connectivity index (χ1) is 15.4. The second-order valence-corrected chi connectivity index (χ2v) is 8.43. The number of rotatable bonds is 8. The van der Waals surface area contributed by atoms with Crippen molar-refractivity contribution in [1.82, 2.24) is 0 Å². The molecule has 7 nitrogen and oxygen atoms in total. The van der Waals surface area contributed by atoms with E-state index in [0.717, 1.165) is 0 Å². The lowest BCUT2D eigenvalue weighted by atomic mass is 10.1. The molecule has 0 unspecified atom stereocenters. The number of thioether (sulfide) groups is 1. The second kappa shape index (κ2) is 10.7. The van der Waals surface area contributed by atoms with Gasteiger partial charge in [0, 0.05) is 0 Å². The Labute approximate surface area is 200 Å². The summed E-state index contributed by atoms with van der Waals surface area (Å²) in [4.78, 5) is 26.3. The standard InChI is InChI=1S/C22H20ClNO6S2/c1-4-29-17-10-13(9-16(23)20(17)30-12-19(25)28-3)11-18-21(26)24(22(31)32-18)14-5-7-15(27-2)8-6-14/h5-11H,4,12H2,1-3H3/b18-11+. The van der Waals surface area contributed by atoms with Crippen LogP contribution in [0.3, 0.4) is 0 Å². The van der Waals surface area contributed by atoms with E-state index in [4.69, 9.17) is 38.0 Å².